The molecule has 0 saturated carbocycles. The second-order valence-electron chi connectivity index (χ2n) is 6.23. The van der Waals surface area contributed by atoms with Crippen molar-refractivity contribution in [1.29, 1.82) is 0 Å². The van der Waals surface area contributed by atoms with Crippen LogP contribution in [0.4, 0.5) is 0 Å². The highest BCUT2D eigenvalue weighted by molar-refractivity contribution is 6.30. The number of carbonyl (C=O) groups excluding carboxylic acids is 2. The molecule has 1 unspecified atom stereocenters. The van der Waals surface area contributed by atoms with E-state index >= 15 is 0 Å². The topological polar surface area (TPSA) is 145 Å². The molecule has 0 saturated heterocycles. The maximum absolute atomic E-state index is 12.8. The predicted molar refractivity (Wildman–Crippen MR) is 85.8 cm³/mol. The van der Waals surface area contributed by atoms with Gasteiger partial charge in [0.1, 0.15) is 23.0 Å². The van der Waals surface area contributed by atoms with E-state index < -0.39 is 35.3 Å². The average Bonchev–Trinajstić information content (AvgIpc) is 2.88. The first-order chi connectivity index (χ1) is 12.3. The lowest BCUT2D eigenvalue weighted by atomic mass is 9.80. The highest BCUT2D eigenvalue weighted by Gasteiger charge is 2.42. The van der Waals surface area contributed by atoms with Gasteiger partial charge in [-0.05, 0) is 18.6 Å². The minimum Gasteiger partial charge on any atom is -0.508 e. The lowest BCUT2D eigenvalue weighted by Crippen LogP contribution is -2.22. The molecule has 5 N–H and O–H groups in total. The maximum Gasteiger partial charge on any atom is 0.204 e. The number of fused-ring (bicyclic) bond motifs is 3. The first-order valence-corrected chi connectivity index (χ1v) is 7.86. The van der Waals surface area contributed by atoms with Gasteiger partial charge in [-0.3, -0.25) is 9.59 Å². The Morgan fingerprint density at radius 2 is 1.65 bits per heavy atom. The molecule has 2 atom stereocenters. The summed E-state index contributed by atoms with van der Waals surface area (Å²) < 4.78 is 5.26. The van der Waals surface area contributed by atoms with Gasteiger partial charge in [0.15, 0.2) is 5.78 Å². The van der Waals surface area contributed by atoms with Crippen LogP contribution >= 0.6 is 0 Å². The molecule has 0 aromatic heterocycles. The van der Waals surface area contributed by atoms with Crippen molar-refractivity contribution in [3.8, 4) is 23.0 Å². The third-order valence-corrected chi connectivity index (χ3v) is 4.75. The van der Waals surface area contributed by atoms with Crippen LogP contribution in [0, 0.1) is 0 Å². The Hall–Kier alpha value is -3.10. The van der Waals surface area contributed by atoms with E-state index in [9.17, 15) is 30.0 Å². The predicted octanol–water partition coefficient (Wildman–Crippen LogP) is 0.756. The van der Waals surface area contributed by atoms with Crippen LogP contribution in [0.3, 0.4) is 0 Å². The minimum absolute atomic E-state index is 0.0428. The van der Waals surface area contributed by atoms with Gasteiger partial charge in [0.25, 0.3) is 0 Å². The normalized spacial score (nSPS) is 20.4. The fraction of sp³-hybridized carbons (Fsp3) is 0.222. The molecule has 1 heterocycles. The zero-order valence-corrected chi connectivity index (χ0v) is 13.3. The van der Waals surface area contributed by atoms with E-state index in [-0.39, 0.29) is 52.3 Å². The smallest absolute Gasteiger partial charge is 0.204 e. The van der Waals surface area contributed by atoms with Crippen LogP contribution in [0.5, 0.6) is 23.0 Å². The Balaban J connectivity index is 1.98. The van der Waals surface area contributed by atoms with Crippen LogP contribution in [0.1, 0.15) is 49.7 Å². The van der Waals surface area contributed by atoms with Crippen LogP contribution in [-0.4, -0.2) is 50.0 Å². The van der Waals surface area contributed by atoms with Gasteiger partial charge < -0.3 is 30.3 Å². The summed E-state index contributed by atoms with van der Waals surface area (Å²) in [6, 6.07) is 3.24. The molecule has 2 aliphatic rings. The summed E-state index contributed by atoms with van der Waals surface area (Å²) in [6.45, 7) is -0.281. The summed E-state index contributed by atoms with van der Waals surface area (Å²) in [5, 5.41) is 49.4. The van der Waals surface area contributed by atoms with Crippen molar-refractivity contribution >= 4 is 11.6 Å². The van der Waals surface area contributed by atoms with Gasteiger partial charge in [-0.2, -0.15) is 0 Å². The Morgan fingerprint density at radius 1 is 0.962 bits per heavy atom. The van der Waals surface area contributed by atoms with Crippen molar-refractivity contribution in [1.82, 2.24) is 0 Å². The third kappa shape index (κ3) is 2.03. The van der Waals surface area contributed by atoms with Gasteiger partial charge in [-0.15, -0.1) is 0 Å². The highest BCUT2D eigenvalue weighted by Crippen LogP contribution is 2.50. The number of aromatic hydroxyl groups is 3. The van der Waals surface area contributed by atoms with Crippen LogP contribution in [0.25, 0.3) is 0 Å². The molecule has 1 aliphatic carbocycles. The van der Waals surface area contributed by atoms with Crippen molar-refractivity contribution in [2.45, 2.75) is 18.6 Å². The quantitative estimate of drug-likeness (QED) is 0.451. The number of hydrogen-bond donors (Lipinski definition) is 5. The summed E-state index contributed by atoms with van der Waals surface area (Å²) in [5.74, 6) is -3.67. The summed E-state index contributed by atoms with van der Waals surface area (Å²) in [6.07, 6.45) is -1.25. The van der Waals surface area contributed by atoms with Gasteiger partial charge >= 0.3 is 0 Å². The first kappa shape index (κ1) is 16.4. The van der Waals surface area contributed by atoms with Crippen molar-refractivity contribution in [3.63, 3.8) is 0 Å². The lowest BCUT2D eigenvalue weighted by Gasteiger charge is -2.21. The molecule has 8 nitrogen and oxygen atoms in total. The molecule has 134 valence electrons. The number of hydrogen-bond acceptors (Lipinski definition) is 8. The van der Waals surface area contributed by atoms with E-state index in [0.29, 0.717) is 0 Å². The fourth-order valence-electron chi connectivity index (χ4n) is 3.61. The van der Waals surface area contributed by atoms with Crippen LogP contribution < -0.4 is 4.74 Å². The summed E-state index contributed by atoms with van der Waals surface area (Å²) in [5.41, 5.74) is -0.824. The van der Waals surface area contributed by atoms with Gasteiger partial charge in [0.2, 0.25) is 12.1 Å². The zero-order chi connectivity index (χ0) is 18.7. The Labute approximate surface area is 146 Å². The molecule has 2 aromatic rings. The molecule has 26 heavy (non-hydrogen) atoms. The van der Waals surface area contributed by atoms with Crippen molar-refractivity contribution < 1.29 is 39.9 Å². The molecular weight excluding hydrogens is 344 g/mol. The fourth-order valence-corrected chi connectivity index (χ4v) is 3.61. The Kier molecular flexibility index (Phi) is 3.43. The first-order valence-electron chi connectivity index (χ1n) is 7.86. The molecule has 0 bridgehead atoms. The number of aliphatic hydroxyl groups excluding tert-OH is 2. The second-order valence-corrected chi connectivity index (χ2v) is 6.23. The van der Waals surface area contributed by atoms with Gasteiger partial charge in [0, 0.05) is 29.4 Å². The van der Waals surface area contributed by atoms with E-state index in [1.54, 1.807) is 0 Å². The molecule has 0 amide bonds. The van der Waals surface area contributed by atoms with E-state index in [2.05, 4.69) is 0 Å². The number of ether oxygens (including phenoxy) is 1. The van der Waals surface area contributed by atoms with Gasteiger partial charge in [0.05, 0.1) is 17.0 Å². The van der Waals surface area contributed by atoms with Crippen molar-refractivity contribution in [2.24, 2.45) is 0 Å². The van der Waals surface area contributed by atoms with Crippen molar-refractivity contribution in [2.75, 3.05) is 6.61 Å². The van der Waals surface area contributed by atoms with E-state index in [1.807, 2.05) is 0 Å². The van der Waals surface area contributed by atoms with Crippen LogP contribution in [-0.2, 0) is 0 Å². The SMILES string of the molecule is O=C1c2cc(O)cc(O)c2C(=O)c2c1cc1c(c2O)C(CCO)[C@H](O)O1. The summed E-state index contributed by atoms with van der Waals surface area (Å²) in [4.78, 5) is 25.6. The van der Waals surface area contributed by atoms with E-state index in [0.717, 1.165) is 12.1 Å². The number of aliphatic hydroxyl groups is 2. The minimum atomic E-state index is -1.34. The second kappa shape index (κ2) is 5.45. The monoisotopic (exact) mass is 358 g/mol. The van der Waals surface area contributed by atoms with E-state index in [1.165, 1.54) is 6.07 Å². The largest absolute Gasteiger partial charge is 0.508 e. The highest BCUT2D eigenvalue weighted by atomic mass is 16.6. The lowest BCUT2D eigenvalue weighted by molar-refractivity contribution is -0.0230. The Bertz CT molecular complexity index is 978. The van der Waals surface area contributed by atoms with Crippen molar-refractivity contribution in [3.05, 3.63) is 46.0 Å². The maximum atomic E-state index is 12.8. The average molecular weight is 358 g/mol. The Morgan fingerprint density at radius 3 is 2.35 bits per heavy atom. The number of phenols is 3. The molecule has 2 aromatic carbocycles. The van der Waals surface area contributed by atoms with Gasteiger partial charge in [-0.1, -0.05) is 0 Å². The number of rotatable bonds is 2. The summed E-state index contributed by atoms with van der Waals surface area (Å²) in [7, 11) is 0. The number of carbonyl (C=O) groups is 2. The zero-order valence-electron chi connectivity index (χ0n) is 13.3. The standard InChI is InChI=1S/C18H14O8/c19-2-1-7-13-11(26-18(7)25)5-9-14(17(13)24)16(23)12-8(15(9)22)3-6(20)4-10(12)21/h3-5,7,18-21,24-25H,1-2H2/t7?,18-/m1/s1. The molecule has 0 radical (unpaired) electrons. The number of ketones is 2. The van der Waals surface area contributed by atoms with E-state index in [4.69, 9.17) is 9.84 Å². The molecule has 0 spiro atoms. The van der Waals surface area contributed by atoms with Crippen LogP contribution in [0.15, 0.2) is 18.2 Å². The molecule has 0 fully saturated rings. The summed E-state index contributed by atoms with van der Waals surface area (Å²) >= 11 is 0. The third-order valence-electron chi connectivity index (χ3n) is 4.75. The molecular formula is C18H14O8. The molecule has 4 rings (SSSR count). The number of phenolic OH excluding ortho intramolecular Hbond substituents is 3. The molecule has 8 heteroatoms. The van der Waals surface area contributed by atoms with Gasteiger partial charge in [-0.25, -0.2) is 0 Å². The van der Waals surface area contributed by atoms with Crippen LogP contribution in [0.2, 0.25) is 0 Å². The molecule has 1 aliphatic heterocycles. The number of benzene rings is 2.